The van der Waals surface area contributed by atoms with E-state index in [0.29, 0.717) is 18.7 Å². The molecule has 0 aliphatic carbocycles. The van der Waals surface area contributed by atoms with Gasteiger partial charge in [-0.05, 0) is 6.42 Å². The molecule has 0 saturated heterocycles. The Labute approximate surface area is 70.4 Å². The van der Waals surface area contributed by atoms with Crippen LogP contribution in [-0.4, -0.2) is 34.8 Å². The molecule has 0 atom stereocenters. The van der Waals surface area contributed by atoms with E-state index in [1.54, 1.807) is 18.0 Å². The van der Waals surface area contributed by atoms with E-state index in [0.717, 1.165) is 13.0 Å². The van der Waals surface area contributed by atoms with Gasteiger partial charge >= 0.3 is 0 Å². The highest BCUT2D eigenvalue weighted by Crippen LogP contribution is 1.93. The molecule has 5 nitrogen and oxygen atoms in total. The lowest BCUT2D eigenvalue weighted by Crippen LogP contribution is -2.04. The Balaban J connectivity index is 2.45. The minimum absolute atomic E-state index is 0.367. The van der Waals surface area contributed by atoms with Crippen molar-refractivity contribution >= 4 is 6.29 Å². The van der Waals surface area contributed by atoms with Gasteiger partial charge < -0.3 is 9.30 Å². The summed E-state index contributed by atoms with van der Waals surface area (Å²) < 4.78 is 6.57. The van der Waals surface area contributed by atoms with Crippen LogP contribution in [-0.2, 0) is 11.3 Å². The van der Waals surface area contributed by atoms with Gasteiger partial charge in [0.1, 0.15) is 6.33 Å². The number of hydrogen-bond donors (Lipinski definition) is 0. The molecule has 0 amide bonds. The van der Waals surface area contributed by atoms with Crippen molar-refractivity contribution in [1.29, 1.82) is 0 Å². The molecule has 1 aromatic rings. The molecule has 0 saturated carbocycles. The van der Waals surface area contributed by atoms with Gasteiger partial charge in [-0.2, -0.15) is 0 Å². The summed E-state index contributed by atoms with van der Waals surface area (Å²) in [5.41, 5.74) is 0. The lowest BCUT2D eigenvalue weighted by atomic mass is 10.4. The second kappa shape index (κ2) is 4.61. The van der Waals surface area contributed by atoms with E-state index in [1.165, 1.54) is 0 Å². The molecule has 1 rings (SSSR count). The average molecular weight is 169 g/mol. The van der Waals surface area contributed by atoms with Crippen LogP contribution >= 0.6 is 0 Å². The van der Waals surface area contributed by atoms with Crippen LogP contribution in [0.1, 0.15) is 17.0 Å². The van der Waals surface area contributed by atoms with Gasteiger partial charge in [0.2, 0.25) is 0 Å². The quantitative estimate of drug-likeness (QED) is 0.464. The number of nitrogens with zero attached hydrogens (tertiary/aromatic N) is 3. The molecule has 0 aliphatic rings. The SMILES string of the molecule is COCCCn1cnnc1C=O. The molecule has 0 radical (unpaired) electrons. The first-order chi connectivity index (χ1) is 5.88. The monoisotopic (exact) mass is 169 g/mol. The van der Waals surface area contributed by atoms with Crippen molar-refractivity contribution in [2.45, 2.75) is 13.0 Å². The summed E-state index contributed by atoms with van der Waals surface area (Å²) in [6, 6.07) is 0. The Kier molecular flexibility index (Phi) is 3.40. The zero-order chi connectivity index (χ0) is 8.81. The number of ether oxygens (including phenoxy) is 1. The number of methoxy groups -OCH3 is 1. The molecule has 0 unspecified atom stereocenters. The molecule has 0 aliphatic heterocycles. The van der Waals surface area contributed by atoms with Crippen molar-refractivity contribution in [1.82, 2.24) is 14.8 Å². The van der Waals surface area contributed by atoms with Gasteiger partial charge in [-0.25, -0.2) is 0 Å². The largest absolute Gasteiger partial charge is 0.385 e. The number of aryl methyl sites for hydroxylation is 1. The predicted molar refractivity (Wildman–Crippen MR) is 41.9 cm³/mol. The van der Waals surface area contributed by atoms with Crippen molar-refractivity contribution < 1.29 is 9.53 Å². The first-order valence-electron chi connectivity index (χ1n) is 3.70. The third-order valence-corrected chi connectivity index (χ3v) is 1.50. The fraction of sp³-hybridized carbons (Fsp3) is 0.571. The van der Waals surface area contributed by atoms with Crippen LogP contribution in [0.15, 0.2) is 6.33 Å². The van der Waals surface area contributed by atoms with Crippen molar-refractivity contribution in [3.8, 4) is 0 Å². The number of rotatable bonds is 5. The van der Waals surface area contributed by atoms with Gasteiger partial charge in [0.25, 0.3) is 0 Å². The van der Waals surface area contributed by atoms with E-state index in [2.05, 4.69) is 10.2 Å². The summed E-state index contributed by atoms with van der Waals surface area (Å²) in [5.74, 6) is 0.367. The Morgan fingerprint density at radius 3 is 3.25 bits per heavy atom. The second-order valence-corrected chi connectivity index (χ2v) is 2.35. The maximum atomic E-state index is 10.4. The van der Waals surface area contributed by atoms with E-state index in [1.807, 2.05) is 0 Å². The molecule has 66 valence electrons. The van der Waals surface area contributed by atoms with Gasteiger partial charge in [-0.3, -0.25) is 4.79 Å². The van der Waals surface area contributed by atoms with Gasteiger partial charge in [0.05, 0.1) is 0 Å². The first kappa shape index (κ1) is 8.86. The van der Waals surface area contributed by atoms with Crippen LogP contribution in [0.25, 0.3) is 0 Å². The molecule has 0 fully saturated rings. The molecule has 5 heteroatoms. The van der Waals surface area contributed by atoms with Crippen molar-refractivity contribution in [2.75, 3.05) is 13.7 Å². The van der Waals surface area contributed by atoms with Crippen LogP contribution in [0.3, 0.4) is 0 Å². The zero-order valence-corrected chi connectivity index (χ0v) is 6.93. The molecular weight excluding hydrogens is 158 g/mol. The number of aldehydes is 1. The van der Waals surface area contributed by atoms with Crippen LogP contribution in [0.4, 0.5) is 0 Å². The zero-order valence-electron chi connectivity index (χ0n) is 6.93. The van der Waals surface area contributed by atoms with E-state index in [4.69, 9.17) is 4.74 Å². The maximum absolute atomic E-state index is 10.4. The highest BCUT2D eigenvalue weighted by molar-refractivity contribution is 5.68. The fourth-order valence-corrected chi connectivity index (χ4v) is 0.907. The van der Waals surface area contributed by atoms with Crippen LogP contribution < -0.4 is 0 Å². The molecule has 0 spiro atoms. The molecule has 0 bridgehead atoms. The summed E-state index contributed by atoms with van der Waals surface area (Å²) in [6.45, 7) is 1.39. The Morgan fingerprint density at radius 1 is 1.75 bits per heavy atom. The predicted octanol–water partition coefficient (Wildman–Crippen LogP) is 0.127. The molecule has 0 aromatic carbocycles. The Morgan fingerprint density at radius 2 is 2.58 bits per heavy atom. The van der Waals surface area contributed by atoms with Gasteiger partial charge in [-0.1, -0.05) is 0 Å². The molecule has 0 N–H and O–H groups in total. The summed E-state index contributed by atoms with van der Waals surface area (Å²) in [7, 11) is 1.65. The number of carbonyl (C=O) groups is 1. The second-order valence-electron chi connectivity index (χ2n) is 2.35. The van der Waals surface area contributed by atoms with Crippen molar-refractivity contribution in [3.63, 3.8) is 0 Å². The van der Waals surface area contributed by atoms with Crippen molar-refractivity contribution in [2.24, 2.45) is 0 Å². The van der Waals surface area contributed by atoms with Crippen LogP contribution in [0, 0.1) is 0 Å². The Hall–Kier alpha value is -1.23. The summed E-state index contributed by atoms with van der Waals surface area (Å²) in [4.78, 5) is 10.4. The number of aromatic nitrogens is 3. The maximum Gasteiger partial charge on any atom is 0.196 e. The number of hydrogen-bond acceptors (Lipinski definition) is 4. The van der Waals surface area contributed by atoms with E-state index >= 15 is 0 Å². The topological polar surface area (TPSA) is 57.0 Å². The number of carbonyl (C=O) groups excluding carboxylic acids is 1. The third kappa shape index (κ3) is 2.13. The summed E-state index contributed by atoms with van der Waals surface area (Å²) in [6.07, 6.45) is 3.09. The lowest BCUT2D eigenvalue weighted by molar-refractivity contribution is 0.110. The third-order valence-electron chi connectivity index (χ3n) is 1.50. The van der Waals surface area contributed by atoms with E-state index < -0.39 is 0 Å². The lowest BCUT2D eigenvalue weighted by Gasteiger charge is -2.00. The molecule has 12 heavy (non-hydrogen) atoms. The molecular formula is C7H11N3O2. The highest BCUT2D eigenvalue weighted by Gasteiger charge is 2.00. The van der Waals surface area contributed by atoms with Crippen LogP contribution in [0.2, 0.25) is 0 Å². The average Bonchev–Trinajstić information content (AvgIpc) is 2.52. The van der Waals surface area contributed by atoms with E-state index in [9.17, 15) is 4.79 Å². The molecule has 1 aromatic heterocycles. The fourth-order valence-electron chi connectivity index (χ4n) is 0.907. The summed E-state index contributed by atoms with van der Waals surface area (Å²) in [5, 5.41) is 7.23. The standard InChI is InChI=1S/C7H11N3O2/c1-12-4-2-3-10-6-8-9-7(10)5-11/h5-6H,2-4H2,1H3. The first-order valence-corrected chi connectivity index (χ1v) is 3.70. The normalized spacial score (nSPS) is 10.1. The minimum atomic E-state index is 0.367. The van der Waals surface area contributed by atoms with Crippen molar-refractivity contribution in [3.05, 3.63) is 12.2 Å². The van der Waals surface area contributed by atoms with Gasteiger partial charge in [0, 0.05) is 20.3 Å². The minimum Gasteiger partial charge on any atom is -0.385 e. The van der Waals surface area contributed by atoms with Gasteiger partial charge in [-0.15, -0.1) is 10.2 Å². The van der Waals surface area contributed by atoms with Crippen LogP contribution in [0.5, 0.6) is 0 Å². The smallest absolute Gasteiger partial charge is 0.196 e. The Bertz CT molecular complexity index is 247. The highest BCUT2D eigenvalue weighted by atomic mass is 16.5. The molecule has 1 heterocycles. The van der Waals surface area contributed by atoms with Gasteiger partial charge in [0.15, 0.2) is 12.1 Å². The van der Waals surface area contributed by atoms with E-state index in [-0.39, 0.29) is 0 Å². The summed E-state index contributed by atoms with van der Waals surface area (Å²) >= 11 is 0.